The molecule has 2 atom stereocenters. The van der Waals surface area contributed by atoms with Gasteiger partial charge in [0.2, 0.25) is 0 Å². The first kappa shape index (κ1) is 10.8. The summed E-state index contributed by atoms with van der Waals surface area (Å²) in [5.41, 5.74) is 0. The summed E-state index contributed by atoms with van der Waals surface area (Å²) < 4.78 is 35.5. The molecule has 1 fully saturated rings. The first-order chi connectivity index (χ1) is 6.01. The second kappa shape index (κ2) is 4.31. The van der Waals surface area contributed by atoms with Gasteiger partial charge in [0.1, 0.15) is 0 Å². The molecule has 0 radical (unpaired) electrons. The molecule has 1 saturated carbocycles. The lowest BCUT2D eigenvalue weighted by Crippen LogP contribution is -2.35. The summed E-state index contributed by atoms with van der Waals surface area (Å²) in [6.45, 7) is 1.25. The molecule has 0 aliphatic heterocycles. The minimum Gasteiger partial charge on any atom is -0.306 e. The number of nitrogens with one attached hydrogen (secondary N) is 1. The monoisotopic (exact) mass is 195 g/mol. The van der Waals surface area contributed by atoms with Crippen LogP contribution < -0.4 is 5.32 Å². The largest absolute Gasteiger partial charge is 0.401 e. The van der Waals surface area contributed by atoms with Gasteiger partial charge in [-0.3, -0.25) is 0 Å². The smallest absolute Gasteiger partial charge is 0.306 e. The van der Waals surface area contributed by atoms with Gasteiger partial charge >= 0.3 is 6.18 Å². The third-order valence-electron chi connectivity index (χ3n) is 2.71. The lowest BCUT2D eigenvalue weighted by molar-refractivity contribution is -0.126. The SMILES string of the molecule is CCC1CCC(NCC(F)(F)F)C1. The topological polar surface area (TPSA) is 12.0 Å². The van der Waals surface area contributed by atoms with Crippen LogP contribution in [0.1, 0.15) is 32.6 Å². The molecule has 0 amide bonds. The fraction of sp³-hybridized carbons (Fsp3) is 1.00. The standard InChI is InChI=1S/C9H16F3N/c1-2-7-3-4-8(5-7)13-6-9(10,11)12/h7-8,13H,2-6H2,1H3. The lowest BCUT2D eigenvalue weighted by Gasteiger charge is -2.14. The molecule has 0 aromatic carbocycles. The number of alkyl halides is 3. The predicted molar refractivity (Wildman–Crippen MR) is 45.5 cm³/mol. The maximum Gasteiger partial charge on any atom is 0.401 e. The molecule has 13 heavy (non-hydrogen) atoms. The first-order valence-electron chi connectivity index (χ1n) is 4.81. The average molecular weight is 195 g/mol. The van der Waals surface area contributed by atoms with Crippen LogP contribution in [0.5, 0.6) is 0 Å². The first-order valence-corrected chi connectivity index (χ1v) is 4.81. The van der Waals surface area contributed by atoms with Crippen LogP contribution in [0, 0.1) is 5.92 Å². The van der Waals surface area contributed by atoms with Gasteiger partial charge in [0.05, 0.1) is 6.54 Å². The molecule has 1 rings (SSSR count). The van der Waals surface area contributed by atoms with Gasteiger partial charge in [-0.25, -0.2) is 0 Å². The molecule has 1 N–H and O–H groups in total. The van der Waals surface area contributed by atoms with E-state index < -0.39 is 12.7 Å². The van der Waals surface area contributed by atoms with Crippen molar-refractivity contribution in [2.24, 2.45) is 5.92 Å². The Labute approximate surface area is 76.7 Å². The molecular formula is C9H16F3N. The molecule has 4 heteroatoms. The Morgan fingerprint density at radius 1 is 1.31 bits per heavy atom. The van der Waals surface area contributed by atoms with Crippen molar-refractivity contribution in [3.63, 3.8) is 0 Å². The van der Waals surface area contributed by atoms with E-state index in [-0.39, 0.29) is 6.04 Å². The highest BCUT2D eigenvalue weighted by atomic mass is 19.4. The molecule has 0 aromatic heterocycles. The zero-order chi connectivity index (χ0) is 9.90. The Morgan fingerprint density at radius 3 is 2.46 bits per heavy atom. The van der Waals surface area contributed by atoms with E-state index in [0.29, 0.717) is 5.92 Å². The Bertz CT molecular complexity index is 155. The number of hydrogen-bond acceptors (Lipinski definition) is 1. The maximum absolute atomic E-state index is 11.8. The Hall–Kier alpha value is -0.250. The van der Waals surface area contributed by atoms with Crippen molar-refractivity contribution in [3.8, 4) is 0 Å². The molecule has 0 saturated heterocycles. The van der Waals surface area contributed by atoms with Crippen LogP contribution in [-0.2, 0) is 0 Å². The van der Waals surface area contributed by atoms with Gasteiger partial charge in [-0.05, 0) is 25.2 Å². The third-order valence-corrected chi connectivity index (χ3v) is 2.71. The summed E-state index contributed by atoms with van der Waals surface area (Å²) in [6.07, 6.45) is -0.0955. The Kier molecular flexibility index (Phi) is 3.59. The molecule has 0 heterocycles. The van der Waals surface area contributed by atoms with E-state index >= 15 is 0 Å². The predicted octanol–water partition coefficient (Wildman–Crippen LogP) is 2.72. The van der Waals surface area contributed by atoms with Crippen LogP contribution in [0.3, 0.4) is 0 Å². The highest BCUT2D eigenvalue weighted by Crippen LogP contribution is 2.28. The van der Waals surface area contributed by atoms with Crippen LogP contribution in [-0.4, -0.2) is 18.8 Å². The van der Waals surface area contributed by atoms with E-state index in [1.54, 1.807) is 0 Å². The molecular weight excluding hydrogens is 179 g/mol. The van der Waals surface area contributed by atoms with E-state index in [1.165, 1.54) is 0 Å². The normalized spacial score (nSPS) is 29.5. The minimum atomic E-state index is -4.07. The van der Waals surface area contributed by atoms with Crippen molar-refractivity contribution in [2.75, 3.05) is 6.54 Å². The van der Waals surface area contributed by atoms with E-state index in [4.69, 9.17) is 0 Å². The summed E-state index contributed by atoms with van der Waals surface area (Å²) in [4.78, 5) is 0. The van der Waals surface area contributed by atoms with Gasteiger partial charge in [0.15, 0.2) is 0 Å². The van der Waals surface area contributed by atoms with E-state index in [9.17, 15) is 13.2 Å². The molecule has 0 aromatic rings. The van der Waals surface area contributed by atoms with Gasteiger partial charge in [-0.2, -0.15) is 13.2 Å². The molecule has 0 spiro atoms. The number of rotatable bonds is 3. The minimum absolute atomic E-state index is 0.0894. The Balaban J connectivity index is 2.17. The molecule has 78 valence electrons. The second-order valence-electron chi connectivity index (χ2n) is 3.78. The number of hydrogen-bond donors (Lipinski definition) is 1. The molecule has 1 aliphatic rings. The van der Waals surface area contributed by atoms with Gasteiger partial charge in [0, 0.05) is 6.04 Å². The van der Waals surface area contributed by atoms with E-state index in [0.717, 1.165) is 25.7 Å². The lowest BCUT2D eigenvalue weighted by atomic mass is 10.1. The fourth-order valence-corrected chi connectivity index (χ4v) is 1.89. The molecule has 1 nitrogen and oxygen atoms in total. The van der Waals surface area contributed by atoms with Crippen molar-refractivity contribution in [1.82, 2.24) is 5.32 Å². The summed E-state index contributed by atoms with van der Waals surface area (Å²) in [7, 11) is 0. The van der Waals surface area contributed by atoms with Crippen LogP contribution in [0.4, 0.5) is 13.2 Å². The number of halogens is 3. The van der Waals surface area contributed by atoms with E-state index in [2.05, 4.69) is 12.2 Å². The van der Waals surface area contributed by atoms with Crippen molar-refractivity contribution in [3.05, 3.63) is 0 Å². The quantitative estimate of drug-likeness (QED) is 0.730. The van der Waals surface area contributed by atoms with Crippen molar-refractivity contribution in [1.29, 1.82) is 0 Å². The van der Waals surface area contributed by atoms with Crippen molar-refractivity contribution < 1.29 is 13.2 Å². The summed E-state index contributed by atoms with van der Waals surface area (Å²) in [5, 5.41) is 2.56. The fourth-order valence-electron chi connectivity index (χ4n) is 1.89. The maximum atomic E-state index is 11.8. The van der Waals surface area contributed by atoms with Gasteiger partial charge in [-0.1, -0.05) is 13.3 Å². The summed E-state index contributed by atoms with van der Waals surface area (Å²) in [5.74, 6) is 0.630. The highest BCUT2D eigenvalue weighted by Gasteiger charge is 2.30. The van der Waals surface area contributed by atoms with Gasteiger partial charge in [-0.15, -0.1) is 0 Å². The Morgan fingerprint density at radius 2 is 2.00 bits per heavy atom. The summed E-state index contributed by atoms with van der Waals surface area (Å²) >= 11 is 0. The average Bonchev–Trinajstić information content (AvgIpc) is 2.47. The zero-order valence-corrected chi connectivity index (χ0v) is 7.82. The van der Waals surface area contributed by atoms with E-state index in [1.807, 2.05) is 0 Å². The zero-order valence-electron chi connectivity index (χ0n) is 7.82. The van der Waals surface area contributed by atoms with Crippen LogP contribution in [0.2, 0.25) is 0 Å². The summed E-state index contributed by atoms with van der Waals surface area (Å²) in [6, 6.07) is 0.0894. The van der Waals surface area contributed by atoms with Crippen molar-refractivity contribution >= 4 is 0 Å². The second-order valence-corrected chi connectivity index (χ2v) is 3.78. The highest BCUT2D eigenvalue weighted by molar-refractivity contribution is 4.80. The third kappa shape index (κ3) is 3.98. The van der Waals surface area contributed by atoms with Crippen LogP contribution >= 0.6 is 0 Å². The van der Waals surface area contributed by atoms with Gasteiger partial charge in [0.25, 0.3) is 0 Å². The molecule has 2 unspecified atom stereocenters. The molecule has 0 bridgehead atoms. The molecule has 1 aliphatic carbocycles. The van der Waals surface area contributed by atoms with Crippen molar-refractivity contribution in [2.45, 2.75) is 44.8 Å². The van der Waals surface area contributed by atoms with Crippen LogP contribution in [0.25, 0.3) is 0 Å². The van der Waals surface area contributed by atoms with Gasteiger partial charge < -0.3 is 5.32 Å². The van der Waals surface area contributed by atoms with Crippen LogP contribution in [0.15, 0.2) is 0 Å².